The van der Waals surface area contributed by atoms with Crippen molar-refractivity contribution in [2.24, 2.45) is 5.92 Å². The molecule has 0 amide bonds. The number of benzene rings is 2. The molecule has 204 valence electrons. The molecule has 0 aliphatic heterocycles. The quantitative estimate of drug-likeness (QED) is 0.0670. The molecule has 2 rings (SSSR count). The van der Waals surface area contributed by atoms with Gasteiger partial charge in [-0.3, -0.25) is 4.79 Å². The maximum atomic E-state index is 12.1. The van der Waals surface area contributed by atoms with Crippen LogP contribution in [0, 0.1) is 5.92 Å². The molecule has 0 aromatic heterocycles. The Hall–Kier alpha value is -2.53. The Morgan fingerprint density at radius 1 is 0.757 bits per heavy atom. The Bertz CT molecular complexity index is 910. The molecule has 1 unspecified atom stereocenters. The predicted octanol–water partition coefficient (Wildman–Crippen LogP) is 9.35. The molecule has 6 heteroatoms. The van der Waals surface area contributed by atoms with Crippen LogP contribution in [0.15, 0.2) is 48.5 Å². The second-order valence-electron chi connectivity index (χ2n) is 9.64. The number of carbonyl (C=O) groups is 2. The standard InChI is InChI=1S/C31H43ClO5/c1-4-6-7-8-9-10-11-23-35-31(34)37-28-21-17-26(18-22-28)25-15-19-27(20-16-25)36-30(33)14-12-13-29(32)24(3)5-2/h15-22,24,29H,4-14,23H2,1-3H3/t24-,29?/m0/s1. The summed E-state index contributed by atoms with van der Waals surface area (Å²) in [4.78, 5) is 24.1. The third-order valence-corrected chi connectivity index (χ3v) is 7.21. The first-order valence-corrected chi connectivity index (χ1v) is 14.3. The highest BCUT2D eigenvalue weighted by atomic mass is 35.5. The van der Waals surface area contributed by atoms with Gasteiger partial charge in [-0.15, -0.1) is 11.6 Å². The van der Waals surface area contributed by atoms with Gasteiger partial charge in [-0.25, -0.2) is 4.79 Å². The number of esters is 1. The van der Waals surface area contributed by atoms with E-state index in [0.29, 0.717) is 30.4 Å². The third kappa shape index (κ3) is 12.5. The van der Waals surface area contributed by atoms with Crippen molar-refractivity contribution in [3.8, 4) is 22.6 Å². The number of carbonyl (C=O) groups excluding carboxylic acids is 2. The largest absolute Gasteiger partial charge is 0.513 e. The molecule has 0 heterocycles. The summed E-state index contributed by atoms with van der Waals surface area (Å²) in [6, 6.07) is 14.6. The van der Waals surface area contributed by atoms with Gasteiger partial charge in [0.2, 0.25) is 0 Å². The SMILES string of the molecule is CCCCCCCCCOC(=O)Oc1ccc(-c2ccc(OC(=O)CCCC(Cl)[C@@H](C)CC)cc2)cc1. The molecule has 0 aliphatic carbocycles. The van der Waals surface area contributed by atoms with Crippen molar-refractivity contribution in [2.45, 2.75) is 96.8 Å². The molecule has 0 N–H and O–H groups in total. The van der Waals surface area contributed by atoms with Gasteiger partial charge < -0.3 is 14.2 Å². The fourth-order valence-electron chi connectivity index (χ4n) is 3.94. The number of rotatable bonds is 17. The first kappa shape index (κ1) is 30.7. The zero-order chi connectivity index (χ0) is 26.9. The monoisotopic (exact) mass is 530 g/mol. The Balaban J connectivity index is 1.70. The van der Waals surface area contributed by atoms with Gasteiger partial charge in [-0.1, -0.05) is 90.0 Å². The van der Waals surface area contributed by atoms with Crippen molar-refractivity contribution in [2.75, 3.05) is 6.61 Å². The van der Waals surface area contributed by atoms with Crippen LogP contribution in [0.1, 0.15) is 91.4 Å². The molecule has 0 radical (unpaired) electrons. The Morgan fingerprint density at radius 3 is 1.86 bits per heavy atom. The van der Waals surface area contributed by atoms with Crippen molar-refractivity contribution >= 4 is 23.7 Å². The zero-order valence-corrected chi connectivity index (χ0v) is 23.4. The van der Waals surface area contributed by atoms with Crippen LogP contribution in [-0.2, 0) is 9.53 Å². The van der Waals surface area contributed by atoms with Crippen molar-refractivity contribution in [3.63, 3.8) is 0 Å². The molecule has 5 nitrogen and oxygen atoms in total. The van der Waals surface area contributed by atoms with Crippen molar-refractivity contribution in [1.29, 1.82) is 0 Å². The lowest BCUT2D eigenvalue weighted by Gasteiger charge is -2.15. The summed E-state index contributed by atoms with van der Waals surface area (Å²) in [5, 5.41) is 0.0921. The van der Waals surface area contributed by atoms with Crippen LogP contribution in [0.5, 0.6) is 11.5 Å². The van der Waals surface area contributed by atoms with Crippen molar-refractivity contribution in [3.05, 3.63) is 48.5 Å². The molecule has 0 bridgehead atoms. The minimum Gasteiger partial charge on any atom is -0.434 e. The Morgan fingerprint density at radius 2 is 1.30 bits per heavy atom. The van der Waals surface area contributed by atoms with E-state index in [0.717, 1.165) is 43.2 Å². The van der Waals surface area contributed by atoms with E-state index in [1.807, 2.05) is 24.3 Å². The lowest BCUT2D eigenvalue weighted by atomic mass is 10.0. The Labute approximate surface area is 227 Å². The zero-order valence-electron chi connectivity index (χ0n) is 22.7. The molecule has 0 saturated carbocycles. The molecule has 2 aromatic rings. The second-order valence-corrected chi connectivity index (χ2v) is 10.2. The highest BCUT2D eigenvalue weighted by Crippen LogP contribution is 2.25. The maximum Gasteiger partial charge on any atom is 0.513 e. The topological polar surface area (TPSA) is 61.8 Å². The van der Waals surface area contributed by atoms with Crippen molar-refractivity contribution in [1.82, 2.24) is 0 Å². The first-order chi connectivity index (χ1) is 17.9. The number of alkyl halides is 1. The van der Waals surface area contributed by atoms with Crippen LogP contribution in [0.4, 0.5) is 4.79 Å². The number of hydrogen-bond donors (Lipinski definition) is 0. The molecular formula is C31H43ClO5. The molecule has 0 spiro atoms. The number of ether oxygens (including phenoxy) is 3. The summed E-state index contributed by atoms with van der Waals surface area (Å²) in [6.07, 6.45) is 10.4. The van der Waals surface area contributed by atoms with Crippen LogP contribution >= 0.6 is 11.6 Å². The second kappa shape index (κ2) is 17.8. The highest BCUT2D eigenvalue weighted by molar-refractivity contribution is 6.20. The fourth-order valence-corrected chi connectivity index (χ4v) is 4.27. The van der Waals surface area contributed by atoms with Gasteiger partial charge in [0, 0.05) is 11.8 Å². The van der Waals surface area contributed by atoms with Crippen LogP contribution in [0.3, 0.4) is 0 Å². The van der Waals surface area contributed by atoms with Gasteiger partial charge in [0.25, 0.3) is 0 Å². The fraction of sp³-hybridized carbons (Fsp3) is 0.548. The average Bonchev–Trinajstić information content (AvgIpc) is 2.90. The van der Waals surface area contributed by atoms with Gasteiger partial charge in [0.1, 0.15) is 11.5 Å². The summed E-state index contributed by atoms with van der Waals surface area (Å²) in [5.41, 5.74) is 1.92. The molecule has 0 fully saturated rings. The van der Waals surface area contributed by atoms with E-state index in [1.54, 1.807) is 24.3 Å². The average molecular weight is 531 g/mol. The molecule has 0 saturated heterocycles. The number of halogens is 1. The van der Waals surface area contributed by atoms with Crippen molar-refractivity contribution < 1.29 is 23.8 Å². The molecule has 2 atom stereocenters. The minimum absolute atomic E-state index is 0.0921. The van der Waals surface area contributed by atoms with Crippen LogP contribution < -0.4 is 9.47 Å². The smallest absolute Gasteiger partial charge is 0.434 e. The predicted molar refractivity (Wildman–Crippen MR) is 150 cm³/mol. The van der Waals surface area contributed by atoms with Crippen LogP contribution in [0.25, 0.3) is 11.1 Å². The summed E-state index contributed by atoms with van der Waals surface area (Å²) >= 11 is 6.35. The molecule has 0 aliphatic rings. The van der Waals surface area contributed by atoms with Crippen LogP contribution in [-0.4, -0.2) is 24.1 Å². The summed E-state index contributed by atoms with van der Waals surface area (Å²) in [6.45, 7) is 6.84. The lowest BCUT2D eigenvalue weighted by Crippen LogP contribution is -2.13. The van der Waals surface area contributed by atoms with E-state index in [2.05, 4.69) is 20.8 Å². The van der Waals surface area contributed by atoms with Gasteiger partial charge in [0.15, 0.2) is 0 Å². The minimum atomic E-state index is -0.675. The normalized spacial score (nSPS) is 12.5. The van der Waals surface area contributed by atoms with Gasteiger partial charge in [-0.2, -0.15) is 0 Å². The molecule has 37 heavy (non-hydrogen) atoms. The molecule has 2 aromatic carbocycles. The Kier molecular flexibility index (Phi) is 14.8. The summed E-state index contributed by atoms with van der Waals surface area (Å²) < 4.78 is 15.9. The third-order valence-electron chi connectivity index (χ3n) is 6.56. The van der Waals surface area contributed by atoms with Gasteiger partial charge in [-0.05, 0) is 60.6 Å². The first-order valence-electron chi connectivity index (χ1n) is 13.8. The lowest BCUT2D eigenvalue weighted by molar-refractivity contribution is -0.134. The highest BCUT2D eigenvalue weighted by Gasteiger charge is 2.14. The van der Waals surface area contributed by atoms with E-state index in [1.165, 1.54) is 32.1 Å². The van der Waals surface area contributed by atoms with E-state index in [9.17, 15) is 9.59 Å². The van der Waals surface area contributed by atoms with E-state index >= 15 is 0 Å². The molecular weight excluding hydrogens is 488 g/mol. The van der Waals surface area contributed by atoms with E-state index in [4.69, 9.17) is 25.8 Å². The van der Waals surface area contributed by atoms with E-state index < -0.39 is 6.16 Å². The van der Waals surface area contributed by atoms with Crippen LogP contribution in [0.2, 0.25) is 0 Å². The number of unbranched alkanes of at least 4 members (excludes halogenated alkanes) is 6. The van der Waals surface area contributed by atoms with Gasteiger partial charge in [0.05, 0.1) is 6.61 Å². The summed E-state index contributed by atoms with van der Waals surface area (Å²) in [5.74, 6) is 1.15. The number of hydrogen-bond acceptors (Lipinski definition) is 5. The summed E-state index contributed by atoms with van der Waals surface area (Å²) in [7, 11) is 0. The maximum absolute atomic E-state index is 12.1. The van der Waals surface area contributed by atoms with E-state index in [-0.39, 0.29) is 11.3 Å². The van der Waals surface area contributed by atoms with Gasteiger partial charge >= 0.3 is 12.1 Å².